The van der Waals surface area contributed by atoms with Crippen LogP contribution in [0.25, 0.3) is 6.08 Å². The average molecular weight is 407 g/mol. The van der Waals surface area contributed by atoms with Gasteiger partial charge in [0.05, 0.1) is 21.0 Å². The molecule has 0 aliphatic rings. The molecule has 0 aliphatic carbocycles. The summed E-state index contributed by atoms with van der Waals surface area (Å²) in [5.41, 5.74) is -0.143. The molecule has 1 heterocycles. The molecule has 0 aliphatic heterocycles. The largest absolute Gasteiger partial charge is 0.453 e. The van der Waals surface area contributed by atoms with E-state index in [1.807, 2.05) is 6.07 Å². The summed E-state index contributed by atoms with van der Waals surface area (Å²) in [4.78, 5) is 16.0. The normalized spacial score (nSPS) is 10.5. The Labute approximate surface area is 151 Å². The number of benzene rings is 1. The second kappa shape index (κ2) is 7.72. The zero-order valence-corrected chi connectivity index (χ0v) is 14.8. The van der Waals surface area contributed by atoms with Crippen LogP contribution in [0.4, 0.5) is 10.1 Å². The molecule has 0 amide bonds. The fraction of sp³-hybridized carbons (Fsp3) is 0.125. The summed E-state index contributed by atoms with van der Waals surface area (Å²) in [5.74, 6) is -0.947. The van der Waals surface area contributed by atoms with Crippen LogP contribution in [-0.2, 0) is 0 Å². The van der Waals surface area contributed by atoms with Gasteiger partial charge < -0.3 is 9.64 Å². The minimum Gasteiger partial charge on any atom is -0.453 e. The van der Waals surface area contributed by atoms with Crippen LogP contribution in [-0.4, -0.2) is 28.9 Å². The maximum Gasteiger partial charge on any atom is 0.280 e. The van der Waals surface area contributed by atoms with Crippen molar-refractivity contribution >= 4 is 27.7 Å². The molecule has 25 heavy (non-hydrogen) atoms. The minimum absolute atomic E-state index is 0.0904. The Balaban J connectivity index is 2.56. The number of pyridine rings is 1. The molecule has 0 spiro atoms. The molecule has 128 valence electrons. The molecule has 1 aromatic carbocycles. The van der Waals surface area contributed by atoms with Crippen LogP contribution in [0, 0.1) is 27.3 Å². The molecule has 0 atom stereocenters. The fourth-order valence-electron chi connectivity index (χ4n) is 1.88. The van der Waals surface area contributed by atoms with Crippen LogP contribution >= 0.6 is 15.9 Å². The number of nitro benzene ring substituents is 1. The highest BCUT2D eigenvalue weighted by atomic mass is 79.9. The molecule has 0 unspecified atom stereocenters. The monoisotopic (exact) mass is 406 g/mol. The van der Waals surface area contributed by atoms with E-state index >= 15 is 0 Å². The molecule has 0 N–H and O–H groups in total. The number of hydrogen-bond donors (Lipinski definition) is 0. The van der Waals surface area contributed by atoms with Gasteiger partial charge in [-0.2, -0.15) is 5.26 Å². The number of rotatable bonds is 5. The van der Waals surface area contributed by atoms with E-state index < -0.39 is 16.4 Å². The first-order chi connectivity index (χ1) is 11.8. The first-order valence-electron chi connectivity index (χ1n) is 6.88. The van der Waals surface area contributed by atoms with Crippen molar-refractivity contribution in [2.45, 2.75) is 0 Å². The van der Waals surface area contributed by atoms with E-state index in [4.69, 9.17) is 10.00 Å². The smallest absolute Gasteiger partial charge is 0.280 e. The second-order valence-corrected chi connectivity index (χ2v) is 5.85. The van der Waals surface area contributed by atoms with E-state index in [2.05, 4.69) is 20.9 Å². The van der Waals surface area contributed by atoms with Crippen molar-refractivity contribution in [2.75, 3.05) is 14.1 Å². The minimum atomic E-state index is -0.907. The summed E-state index contributed by atoms with van der Waals surface area (Å²) in [5, 5.41) is 20.1. The average Bonchev–Trinajstić information content (AvgIpc) is 2.57. The number of ether oxygens (including phenoxy) is 1. The van der Waals surface area contributed by atoms with Crippen molar-refractivity contribution in [3.05, 3.63) is 62.3 Å². The zero-order chi connectivity index (χ0) is 18.6. The predicted octanol–water partition coefficient (Wildman–Crippen LogP) is 4.09. The van der Waals surface area contributed by atoms with Gasteiger partial charge in [-0.1, -0.05) is 0 Å². The summed E-state index contributed by atoms with van der Waals surface area (Å²) in [7, 11) is 3.50. The SMILES string of the molecule is CN(C)/C=C/c1c([N+](=O)[O-])cc(F)c(Oc2ccnc(C#N)c2)c1Br. The fourth-order valence-corrected chi connectivity index (χ4v) is 2.49. The topological polar surface area (TPSA) is 92.3 Å². The number of nitrogens with zero attached hydrogens (tertiary/aromatic N) is 4. The van der Waals surface area contributed by atoms with E-state index in [1.165, 1.54) is 24.4 Å². The van der Waals surface area contributed by atoms with E-state index in [1.54, 1.807) is 25.2 Å². The van der Waals surface area contributed by atoms with Crippen LogP contribution in [0.15, 0.2) is 35.1 Å². The maximum absolute atomic E-state index is 14.3. The zero-order valence-electron chi connectivity index (χ0n) is 13.2. The predicted molar refractivity (Wildman–Crippen MR) is 92.5 cm³/mol. The van der Waals surface area contributed by atoms with Gasteiger partial charge in [-0.25, -0.2) is 9.37 Å². The van der Waals surface area contributed by atoms with Gasteiger partial charge in [0, 0.05) is 26.4 Å². The lowest BCUT2D eigenvalue weighted by Gasteiger charge is -2.12. The number of aromatic nitrogens is 1. The molecule has 2 aromatic rings. The molecule has 9 heteroatoms. The van der Waals surface area contributed by atoms with Gasteiger partial charge in [-0.3, -0.25) is 10.1 Å². The lowest BCUT2D eigenvalue weighted by Crippen LogP contribution is -2.02. The van der Waals surface area contributed by atoms with E-state index in [0.29, 0.717) is 0 Å². The number of hydrogen-bond acceptors (Lipinski definition) is 6. The molecule has 2 rings (SSSR count). The Hall–Kier alpha value is -2.99. The van der Waals surface area contributed by atoms with Crippen LogP contribution in [0.3, 0.4) is 0 Å². The van der Waals surface area contributed by atoms with E-state index in [9.17, 15) is 14.5 Å². The maximum atomic E-state index is 14.3. The second-order valence-electron chi connectivity index (χ2n) is 5.06. The summed E-state index contributed by atoms with van der Waals surface area (Å²) in [6, 6.07) is 5.43. The quantitative estimate of drug-likeness (QED) is 0.548. The molecule has 0 fully saturated rings. The number of nitro groups is 1. The Bertz CT molecular complexity index is 894. The van der Waals surface area contributed by atoms with Gasteiger partial charge in [0.2, 0.25) is 0 Å². The van der Waals surface area contributed by atoms with Crippen molar-refractivity contribution in [2.24, 2.45) is 0 Å². The van der Waals surface area contributed by atoms with E-state index in [-0.39, 0.29) is 27.2 Å². The van der Waals surface area contributed by atoms with Gasteiger partial charge in [-0.05, 0) is 34.3 Å². The molecule has 0 bridgehead atoms. The van der Waals surface area contributed by atoms with Crippen molar-refractivity contribution in [3.63, 3.8) is 0 Å². The van der Waals surface area contributed by atoms with Gasteiger partial charge >= 0.3 is 0 Å². The highest BCUT2D eigenvalue weighted by Gasteiger charge is 2.24. The molecule has 1 aromatic heterocycles. The molecular formula is C16H12BrFN4O3. The van der Waals surface area contributed by atoms with Crippen molar-refractivity contribution < 1.29 is 14.1 Å². The molecule has 7 nitrogen and oxygen atoms in total. The molecule has 0 saturated heterocycles. The van der Waals surface area contributed by atoms with Gasteiger partial charge in [0.25, 0.3) is 5.69 Å². The summed E-state index contributed by atoms with van der Waals surface area (Å²) in [6.45, 7) is 0. The van der Waals surface area contributed by atoms with Crippen molar-refractivity contribution in [3.8, 4) is 17.6 Å². The first-order valence-corrected chi connectivity index (χ1v) is 7.67. The van der Waals surface area contributed by atoms with Crippen LogP contribution < -0.4 is 4.74 Å². The first kappa shape index (κ1) is 18.4. The van der Waals surface area contributed by atoms with Crippen molar-refractivity contribution in [1.29, 1.82) is 5.26 Å². The Kier molecular flexibility index (Phi) is 5.67. The number of halogens is 2. The van der Waals surface area contributed by atoms with Crippen LogP contribution in [0.2, 0.25) is 0 Å². The summed E-state index contributed by atoms with van der Waals surface area (Å²) >= 11 is 3.17. The summed E-state index contributed by atoms with van der Waals surface area (Å²) in [6.07, 6.45) is 4.41. The lowest BCUT2D eigenvalue weighted by molar-refractivity contribution is -0.385. The Morgan fingerprint density at radius 2 is 2.20 bits per heavy atom. The van der Waals surface area contributed by atoms with E-state index in [0.717, 1.165) is 6.07 Å². The molecule has 0 radical (unpaired) electrons. The third-order valence-corrected chi connectivity index (χ3v) is 3.78. The molecule has 0 saturated carbocycles. The van der Waals surface area contributed by atoms with Crippen molar-refractivity contribution in [1.82, 2.24) is 9.88 Å². The standard InChI is InChI=1S/C16H12BrFN4O3/c1-21(2)6-4-12-14(22(23)24)8-13(18)16(15(12)17)25-11-3-5-20-10(7-11)9-19/h3-8H,1-2H3/b6-4+. The Morgan fingerprint density at radius 1 is 1.48 bits per heavy atom. The van der Waals surface area contributed by atoms with Gasteiger partial charge in [-0.15, -0.1) is 0 Å². The third-order valence-electron chi connectivity index (χ3n) is 2.99. The number of nitriles is 1. The lowest BCUT2D eigenvalue weighted by atomic mass is 10.1. The summed E-state index contributed by atoms with van der Waals surface area (Å²) < 4.78 is 19.9. The van der Waals surface area contributed by atoms with Gasteiger partial charge in [0.15, 0.2) is 11.6 Å². The Morgan fingerprint density at radius 3 is 2.80 bits per heavy atom. The molecular weight excluding hydrogens is 395 g/mol. The van der Waals surface area contributed by atoms with Gasteiger partial charge in [0.1, 0.15) is 17.5 Å². The third kappa shape index (κ3) is 4.30. The van der Waals surface area contributed by atoms with Crippen LogP contribution in [0.1, 0.15) is 11.3 Å². The highest BCUT2D eigenvalue weighted by Crippen LogP contribution is 2.40. The highest BCUT2D eigenvalue weighted by molar-refractivity contribution is 9.10. The van der Waals surface area contributed by atoms with Crippen LogP contribution in [0.5, 0.6) is 11.5 Å².